The predicted octanol–water partition coefficient (Wildman–Crippen LogP) is 5.00. The van der Waals surface area contributed by atoms with Gasteiger partial charge in [-0.25, -0.2) is 4.98 Å². The third kappa shape index (κ3) is 4.67. The van der Waals surface area contributed by atoms with Crippen LogP contribution in [0.2, 0.25) is 0 Å². The number of fused-ring (bicyclic) bond motifs is 1. The Morgan fingerprint density at radius 3 is 2.72 bits per heavy atom. The average Bonchev–Trinajstić information content (AvgIpc) is 3.07. The minimum absolute atomic E-state index is 0.0735. The maximum absolute atomic E-state index is 12.9. The molecule has 7 heteroatoms. The van der Waals surface area contributed by atoms with Crippen LogP contribution in [0.1, 0.15) is 54.3 Å². The van der Waals surface area contributed by atoms with Crippen LogP contribution < -0.4 is 15.6 Å². The number of methoxy groups -OCH3 is 1. The minimum Gasteiger partial charge on any atom is -0.495 e. The molecule has 3 aromatic rings. The molecule has 3 rings (SSSR count). The van der Waals surface area contributed by atoms with Gasteiger partial charge in [0, 0.05) is 6.54 Å². The lowest BCUT2D eigenvalue weighted by atomic mass is 10.1. The van der Waals surface area contributed by atoms with Gasteiger partial charge in [-0.15, -0.1) is 11.3 Å². The molecule has 0 saturated carbocycles. The van der Waals surface area contributed by atoms with Gasteiger partial charge in [-0.2, -0.15) is 0 Å². The minimum atomic E-state index is -0.263. The number of nitrogens with one attached hydrogen (secondary N) is 1. The summed E-state index contributed by atoms with van der Waals surface area (Å²) in [5.74, 6) is 0.323. The van der Waals surface area contributed by atoms with Crippen LogP contribution in [0.3, 0.4) is 0 Å². The SMILES string of the molecule is CCCCCCCn1cnc2sc(C(=O)Nc3ccccc3OC)c(C)c2c1=O. The highest BCUT2D eigenvalue weighted by Crippen LogP contribution is 2.29. The molecule has 0 aliphatic heterocycles. The van der Waals surface area contributed by atoms with Crippen LogP contribution in [0.5, 0.6) is 5.75 Å². The summed E-state index contributed by atoms with van der Waals surface area (Å²) in [6.45, 7) is 4.65. The highest BCUT2D eigenvalue weighted by atomic mass is 32.1. The van der Waals surface area contributed by atoms with Gasteiger partial charge in [-0.1, -0.05) is 44.7 Å². The molecular formula is C22H27N3O3S. The summed E-state index contributed by atoms with van der Waals surface area (Å²) in [7, 11) is 1.56. The first kappa shape index (κ1) is 21.0. The highest BCUT2D eigenvalue weighted by molar-refractivity contribution is 7.20. The van der Waals surface area contributed by atoms with Crippen LogP contribution in [0.15, 0.2) is 35.4 Å². The van der Waals surface area contributed by atoms with E-state index in [1.165, 1.54) is 30.6 Å². The number of hydrogen-bond acceptors (Lipinski definition) is 5. The van der Waals surface area contributed by atoms with Gasteiger partial charge in [-0.05, 0) is 31.0 Å². The van der Waals surface area contributed by atoms with E-state index in [-0.39, 0.29) is 11.5 Å². The standard InChI is InChI=1S/C22H27N3O3S/c1-4-5-6-7-10-13-25-14-23-21-18(22(25)27)15(2)19(29-21)20(26)24-16-11-8-9-12-17(16)28-3/h8-9,11-12,14H,4-7,10,13H2,1-3H3,(H,24,26). The number of carbonyl (C=O) groups is 1. The molecule has 0 bridgehead atoms. The Hall–Kier alpha value is -2.67. The van der Waals surface area contributed by atoms with Crippen LogP contribution in [0.4, 0.5) is 5.69 Å². The van der Waals surface area contributed by atoms with Crippen molar-refractivity contribution in [3.8, 4) is 5.75 Å². The summed E-state index contributed by atoms with van der Waals surface area (Å²) in [5, 5.41) is 3.42. The number of unbranched alkanes of at least 4 members (excludes halogenated alkanes) is 4. The molecule has 0 atom stereocenters. The maximum Gasteiger partial charge on any atom is 0.266 e. The smallest absolute Gasteiger partial charge is 0.266 e. The Labute approximate surface area is 174 Å². The van der Waals surface area contributed by atoms with Crippen LogP contribution in [0, 0.1) is 6.92 Å². The van der Waals surface area contributed by atoms with Gasteiger partial charge >= 0.3 is 0 Å². The van der Waals surface area contributed by atoms with Gasteiger partial charge in [0.15, 0.2) is 0 Å². The number of aromatic nitrogens is 2. The van der Waals surface area contributed by atoms with Crippen molar-refractivity contribution in [3.05, 3.63) is 51.4 Å². The van der Waals surface area contributed by atoms with E-state index in [1.54, 1.807) is 30.1 Å². The largest absolute Gasteiger partial charge is 0.495 e. The summed E-state index contributed by atoms with van der Waals surface area (Å²) < 4.78 is 6.95. The van der Waals surface area contributed by atoms with Crippen molar-refractivity contribution < 1.29 is 9.53 Å². The fourth-order valence-electron chi connectivity index (χ4n) is 3.35. The fraction of sp³-hybridized carbons (Fsp3) is 0.409. The normalized spacial score (nSPS) is 11.0. The van der Waals surface area contributed by atoms with Crippen LogP contribution in [-0.2, 0) is 6.54 Å². The van der Waals surface area contributed by atoms with Gasteiger partial charge in [0.25, 0.3) is 11.5 Å². The molecule has 0 spiro atoms. The van der Waals surface area contributed by atoms with Crippen LogP contribution in [-0.4, -0.2) is 22.6 Å². The van der Waals surface area contributed by atoms with E-state index in [0.29, 0.717) is 38.6 Å². The Kier molecular flexibility index (Phi) is 7.04. The number of para-hydroxylation sites is 2. The lowest BCUT2D eigenvalue weighted by Gasteiger charge is -2.09. The Morgan fingerprint density at radius 1 is 1.21 bits per heavy atom. The number of anilines is 1. The predicted molar refractivity (Wildman–Crippen MR) is 118 cm³/mol. The Balaban J connectivity index is 1.83. The second-order valence-corrected chi connectivity index (χ2v) is 8.05. The van der Waals surface area contributed by atoms with E-state index in [4.69, 9.17) is 4.74 Å². The number of thiophene rings is 1. The molecule has 0 radical (unpaired) electrons. The third-order valence-electron chi connectivity index (χ3n) is 4.98. The van der Waals surface area contributed by atoms with Crippen molar-refractivity contribution in [3.63, 3.8) is 0 Å². The number of ether oxygens (including phenoxy) is 1. The number of nitrogens with zero attached hydrogens (tertiary/aromatic N) is 2. The molecule has 0 aliphatic carbocycles. The molecule has 0 aliphatic rings. The Bertz CT molecular complexity index is 1060. The number of aryl methyl sites for hydroxylation is 2. The van der Waals surface area contributed by atoms with Crippen molar-refractivity contribution in [1.82, 2.24) is 9.55 Å². The summed E-state index contributed by atoms with van der Waals surface area (Å²) in [6, 6.07) is 7.24. The highest BCUT2D eigenvalue weighted by Gasteiger charge is 2.20. The topological polar surface area (TPSA) is 73.2 Å². The van der Waals surface area contributed by atoms with Crippen LogP contribution in [0.25, 0.3) is 10.2 Å². The quantitative estimate of drug-likeness (QED) is 0.501. The van der Waals surface area contributed by atoms with Gasteiger partial charge in [0.1, 0.15) is 10.6 Å². The summed E-state index contributed by atoms with van der Waals surface area (Å²) in [5.41, 5.74) is 1.19. The molecule has 0 saturated heterocycles. The summed E-state index contributed by atoms with van der Waals surface area (Å²) in [4.78, 5) is 31.3. The van der Waals surface area contributed by atoms with Crippen molar-refractivity contribution in [2.75, 3.05) is 12.4 Å². The maximum atomic E-state index is 12.9. The molecule has 6 nitrogen and oxygen atoms in total. The monoisotopic (exact) mass is 413 g/mol. The van der Waals surface area contributed by atoms with E-state index in [9.17, 15) is 9.59 Å². The molecule has 1 aromatic carbocycles. The van der Waals surface area contributed by atoms with Crippen molar-refractivity contribution in [1.29, 1.82) is 0 Å². The first-order valence-electron chi connectivity index (χ1n) is 9.99. The van der Waals surface area contributed by atoms with E-state index < -0.39 is 0 Å². The zero-order valence-electron chi connectivity index (χ0n) is 17.2. The first-order chi connectivity index (χ1) is 14.1. The first-order valence-corrected chi connectivity index (χ1v) is 10.8. The zero-order valence-corrected chi connectivity index (χ0v) is 18.0. The number of carbonyl (C=O) groups excluding carboxylic acids is 1. The van der Waals surface area contributed by atoms with Gasteiger partial charge in [0.05, 0.1) is 29.4 Å². The van der Waals surface area contributed by atoms with E-state index >= 15 is 0 Å². The number of benzene rings is 1. The average molecular weight is 414 g/mol. The fourth-order valence-corrected chi connectivity index (χ4v) is 4.38. The second-order valence-electron chi connectivity index (χ2n) is 7.05. The summed E-state index contributed by atoms with van der Waals surface area (Å²) in [6.07, 6.45) is 7.26. The number of rotatable bonds is 9. The molecule has 2 heterocycles. The lowest BCUT2D eigenvalue weighted by molar-refractivity contribution is 0.102. The zero-order chi connectivity index (χ0) is 20.8. The van der Waals surface area contributed by atoms with E-state index in [2.05, 4.69) is 17.2 Å². The Morgan fingerprint density at radius 2 is 1.97 bits per heavy atom. The molecule has 29 heavy (non-hydrogen) atoms. The van der Waals surface area contributed by atoms with Crippen molar-refractivity contribution in [2.45, 2.75) is 52.5 Å². The molecule has 154 valence electrons. The number of hydrogen-bond donors (Lipinski definition) is 1. The summed E-state index contributed by atoms with van der Waals surface area (Å²) >= 11 is 1.25. The molecule has 0 fully saturated rings. The second kappa shape index (κ2) is 9.69. The van der Waals surface area contributed by atoms with Crippen molar-refractivity contribution >= 4 is 33.1 Å². The molecule has 0 unspecified atom stereocenters. The molecule has 2 aromatic heterocycles. The van der Waals surface area contributed by atoms with Gasteiger partial charge in [0.2, 0.25) is 0 Å². The van der Waals surface area contributed by atoms with E-state index in [1.807, 2.05) is 19.1 Å². The number of amides is 1. The molecular weight excluding hydrogens is 386 g/mol. The van der Waals surface area contributed by atoms with Crippen molar-refractivity contribution in [2.24, 2.45) is 0 Å². The molecule has 1 N–H and O–H groups in total. The lowest BCUT2D eigenvalue weighted by Crippen LogP contribution is -2.20. The van der Waals surface area contributed by atoms with Gasteiger partial charge in [-0.3, -0.25) is 14.2 Å². The van der Waals surface area contributed by atoms with E-state index in [0.717, 1.165) is 12.8 Å². The van der Waals surface area contributed by atoms with Crippen LogP contribution >= 0.6 is 11.3 Å². The molecule has 1 amide bonds. The third-order valence-corrected chi connectivity index (χ3v) is 6.18. The van der Waals surface area contributed by atoms with Gasteiger partial charge < -0.3 is 10.1 Å².